The summed E-state index contributed by atoms with van der Waals surface area (Å²) in [6.45, 7) is 14.4. The zero-order valence-electron chi connectivity index (χ0n) is 24.3. The topological polar surface area (TPSA) is 98.5 Å². The highest BCUT2D eigenvalue weighted by Gasteiger charge is 2.61. The third-order valence-electron chi connectivity index (χ3n) is 11.6. The second-order valence-electron chi connectivity index (χ2n) is 14.3. The maximum atomic E-state index is 13.2. The number of rotatable bonds is 7. The number of amides is 1. The number of hydrogen-bond donors (Lipinski definition) is 2. The first-order chi connectivity index (χ1) is 17.3. The Balaban J connectivity index is 1.40. The lowest BCUT2D eigenvalue weighted by Gasteiger charge is -2.61. The molecule has 1 amide bonds. The molecule has 10 atom stereocenters. The van der Waals surface area contributed by atoms with E-state index in [1.54, 1.807) is 6.92 Å². The first-order valence-corrected chi connectivity index (χ1v) is 15.1. The number of fused-ring (bicyclic) bond motifs is 5. The third kappa shape index (κ3) is 5.13. The van der Waals surface area contributed by atoms with Crippen LogP contribution < -0.4 is 11.1 Å². The Hall–Kier alpha value is -1.43. The number of Topliss-reactive ketones (excluding diaryl/α,β-unsaturated/α-hetero) is 1. The predicted octanol–water partition coefficient (Wildman–Crippen LogP) is 5.27. The number of nitrogens with one attached hydrogen (secondary N) is 1. The van der Waals surface area contributed by atoms with Gasteiger partial charge in [0, 0.05) is 5.92 Å². The number of carbonyl (C=O) groups excluding carboxylic acids is 3. The maximum Gasteiger partial charge on any atom is 0.329 e. The number of nitrogens with two attached hydrogens (primary N) is 1. The van der Waals surface area contributed by atoms with Crippen molar-refractivity contribution in [1.82, 2.24) is 5.32 Å². The highest BCUT2D eigenvalue weighted by Crippen LogP contribution is 2.67. The van der Waals surface area contributed by atoms with Gasteiger partial charge in [0.1, 0.15) is 17.9 Å². The average molecular weight is 517 g/mol. The molecule has 0 aromatic carbocycles. The lowest BCUT2D eigenvalue weighted by atomic mass is 9.44. The molecule has 37 heavy (non-hydrogen) atoms. The van der Waals surface area contributed by atoms with Crippen molar-refractivity contribution >= 4 is 17.7 Å². The van der Waals surface area contributed by atoms with Gasteiger partial charge in [-0.15, -0.1) is 0 Å². The summed E-state index contributed by atoms with van der Waals surface area (Å²) in [5.74, 6) is 2.67. The lowest BCUT2D eigenvalue weighted by Crippen LogP contribution is -2.55. The Morgan fingerprint density at radius 3 is 2.14 bits per heavy atom. The fraction of sp³-hybridized carbons (Fsp3) is 0.903. The van der Waals surface area contributed by atoms with Crippen LogP contribution in [0.5, 0.6) is 0 Å². The van der Waals surface area contributed by atoms with E-state index in [0.717, 1.165) is 31.6 Å². The first-order valence-electron chi connectivity index (χ1n) is 15.1. The summed E-state index contributed by atoms with van der Waals surface area (Å²) >= 11 is 0. The van der Waals surface area contributed by atoms with Crippen LogP contribution >= 0.6 is 0 Å². The number of carbonyl (C=O) groups is 3. The summed E-state index contributed by atoms with van der Waals surface area (Å²) < 4.78 is 6.08. The second-order valence-corrected chi connectivity index (χ2v) is 14.3. The Morgan fingerprint density at radius 2 is 1.51 bits per heavy atom. The van der Waals surface area contributed by atoms with Crippen molar-refractivity contribution in [3.8, 4) is 0 Å². The van der Waals surface area contributed by atoms with Gasteiger partial charge in [0.15, 0.2) is 0 Å². The highest BCUT2D eigenvalue weighted by atomic mass is 16.5. The van der Waals surface area contributed by atoms with Gasteiger partial charge in [0.05, 0.1) is 6.04 Å². The average Bonchev–Trinajstić information content (AvgIpc) is 3.19. The van der Waals surface area contributed by atoms with E-state index in [-0.39, 0.29) is 46.6 Å². The van der Waals surface area contributed by atoms with Crippen LogP contribution in [0.25, 0.3) is 0 Å². The lowest BCUT2D eigenvalue weighted by molar-refractivity contribution is -0.166. The van der Waals surface area contributed by atoms with Gasteiger partial charge in [-0.05, 0) is 111 Å². The van der Waals surface area contributed by atoms with Gasteiger partial charge < -0.3 is 15.8 Å². The molecule has 4 aliphatic carbocycles. The first kappa shape index (κ1) is 28.6. The quantitative estimate of drug-likeness (QED) is 0.449. The van der Waals surface area contributed by atoms with Crippen molar-refractivity contribution in [2.75, 3.05) is 0 Å². The van der Waals surface area contributed by atoms with Crippen LogP contribution in [0, 0.1) is 52.3 Å². The van der Waals surface area contributed by atoms with Crippen molar-refractivity contribution in [2.45, 2.75) is 124 Å². The van der Waals surface area contributed by atoms with Crippen LogP contribution in [0.3, 0.4) is 0 Å². The summed E-state index contributed by atoms with van der Waals surface area (Å²) in [6, 6.07) is -1.31. The van der Waals surface area contributed by atoms with Gasteiger partial charge in [0.25, 0.3) is 0 Å². The zero-order valence-corrected chi connectivity index (χ0v) is 24.3. The van der Waals surface area contributed by atoms with Crippen molar-refractivity contribution in [1.29, 1.82) is 0 Å². The van der Waals surface area contributed by atoms with Crippen molar-refractivity contribution in [3.05, 3.63) is 0 Å². The number of esters is 1. The fourth-order valence-corrected chi connectivity index (χ4v) is 9.28. The highest BCUT2D eigenvalue weighted by molar-refractivity contribution is 5.87. The van der Waals surface area contributed by atoms with Crippen LogP contribution in [-0.2, 0) is 19.1 Å². The molecule has 0 radical (unpaired) electrons. The summed E-state index contributed by atoms with van der Waals surface area (Å²) in [6.07, 6.45) is 9.96. The van der Waals surface area contributed by atoms with E-state index in [4.69, 9.17) is 10.5 Å². The van der Waals surface area contributed by atoms with Gasteiger partial charge in [-0.1, -0.05) is 41.5 Å². The van der Waals surface area contributed by atoms with Crippen LogP contribution in [0.2, 0.25) is 0 Å². The monoisotopic (exact) mass is 516 g/mol. The molecule has 0 spiro atoms. The van der Waals surface area contributed by atoms with Crippen LogP contribution in [-0.4, -0.2) is 35.8 Å². The molecule has 6 heteroatoms. The van der Waals surface area contributed by atoms with Crippen molar-refractivity contribution in [2.24, 2.45) is 58.0 Å². The third-order valence-corrected chi connectivity index (χ3v) is 11.6. The van der Waals surface area contributed by atoms with E-state index in [1.165, 1.54) is 32.1 Å². The molecule has 0 aliphatic heterocycles. The van der Waals surface area contributed by atoms with Gasteiger partial charge in [-0.25, -0.2) is 4.79 Å². The van der Waals surface area contributed by atoms with E-state index in [9.17, 15) is 14.4 Å². The fourth-order valence-electron chi connectivity index (χ4n) is 9.28. The van der Waals surface area contributed by atoms with Gasteiger partial charge in [-0.2, -0.15) is 0 Å². The molecular weight excluding hydrogens is 464 g/mol. The summed E-state index contributed by atoms with van der Waals surface area (Å²) in [4.78, 5) is 38.2. The molecule has 4 fully saturated rings. The minimum atomic E-state index is -0.672. The van der Waals surface area contributed by atoms with Crippen molar-refractivity contribution < 1.29 is 19.1 Å². The molecule has 6 nitrogen and oxygen atoms in total. The SMILES string of the molecule is CC(=O)[C@H]1CCC2[C@@H]3CCC4C[C@H](OC(=O)[C@@H](NC(=O)[C@@H](N)C(C)C)C(C)C)CC[C@]4(C)C3CC[C@@]21C. The van der Waals surface area contributed by atoms with Crippen LogP contribution in [0.4, 0.5) is 0 Å². The summed E-state index contributed by atoms with van der Waals surface area (Å²) in [7, 11) is 0. The molecule has 0 saturated heterocycles. The maximum absolute atomic E-state index is 13.2. The minimum absolute atomic E-state index is 0.00483. The largest absolute Gasteiger partial charge is 0.461 e. The normalized spacial score (nSPS) is 40.8. The molecule has 4 aliphatic rings. The summed E-state index contributed by atoms with van der Waals surface area (Å²) in [5, 5.41) is 2.86. The Labute approximate surface area is 224 Å². The number of hydrogen-bond acceptors (Lipinski definition) is 5. The van der Waals surface area contributed by atoms with Gasteiger partial charge in [0.2, 0.25) is 5.91 Å². The molecule has 210 valence electrons. The molecule has 3 unspecified atom stereocenters. The number of ketones is 1. The van der Waals surface area contributed by atoms with E-state index in [2.05, 4.69) is 19.2 Å². The van der Waals surface area contributed by atoms with Crippen molar-refractivity contribution in [3.63, 3.8) is 0 Å². The number of ether oxygens (including phenoxy) is 1. The van der Waals surface area contributed by atoms with E-state index in [1.807, 2.05) is 27.7 Å². The molecule has 3 N–H and O–H groups in total. The van der Waals surface area contributed by atoms with E-state index in [0.29, 0.717) is 23.5 Å². The Kier molecular flexibility index (Phi) is 8.20. The van der Waals surface area contributed by atoms with Gasteiger partial charge in [-0.3, -0.25) is 9.59 Å². The minimum Gasteiger partial charge on any atom is -0.461 e. The molecule has 4 rings (SSSR count). The smallest absolute Gasteiger partial charge is 0.329 e. The molecule has 0 aromatic rings. The second kappa shape index (κ2) is 10.6. The molecular formula is C31H52N2O4. The Morgan fingerprint density at radius 1 is 0.865 bits per heavy atom. The molecule has 0 heterocycles. The predicted molar refractivity (Wildman–Crippen MR) is 145 cm³/mol. The molecule has 0 bridgehead atoms. The Bertz CT molecular complexity index is 886. The van der Waals surface area contributed by atoms with E-state index < -0.39 is 12.1 Å². The zero-order chi connectivity index (χ0) is 27.3. The summed E-state index contributed by atoms with van der Waals surface area (Å²) in [5.41, 5.74) is 6.50. The standard InChI is InChI=1S/C31H52N2O4/c1-17(2)26(32)28(35)33-27(18(3)4)29(36)37-21-12-14-30(6)20(16-21)8-9-22-24-11-10-23(19(5)34)31(24,7)15-13-25(22)30/h17-18,20-27H,8-16,32H2,1-7H3,(H,33,35)/t20?,21-,22+,23-,24?,25?,26+,27+,30+,31-/m1/s1. The van der Waals surface area contributed by atoms with Crippen LogP contribution in [0.15, 0.2) is 0 Å². The van der Waals surface area contributed by atoms with Crippen LogP contribution in [0.1, 0.15) is 106 Å². The molecule has 4 saturated carbocycles. The molecule has 0 aromatic heterocycles. The van der Waals surface area contributed by atoms with E-state index >= 15 is 0 Å². The van der Waals surface area contributed by atoms with Gasteiger partial charge >= 0.3 is 5.97 Å².